The van der Waals surface area contributed by atoms with E-state index in [9.17, 15) is 0 Å². The van der Waals surface area contributed by atoms with Crippen LogP contribution < -0.4 is 11.1 Å². The summed E-state index contributed by atoms with van der Waals surface area (Å²) in [6.45, 7) is 4.05. The van der Waals surface area contributed by atoms with Crippen LogP contribution in [0.3, 0.4) is 0 Å². The van der Waals surface area contributed by atoms with Gasteiger partial charge in [0.15, 0.2) is 0 Å². The molecule has 0 aliphatic carbocycles. The number of benzene rings is 1. The first-order valence-electron chi connectivity index (χ1n) is 3.57. The smallest absolute Gasteiger partial charge is 0.270 e. The molecule has 0 amide bonds. The van der Waals surface area contributed by atoms with Crippen LogP contribution in [0.25, 0.3) is 0 Å². The second kappa shape index (κ2) is 2.74. The van der Waals surface area contributed by atoms with Crippen molar-refractivity contribution >= 4 is 5.84 Å². The molecule has 11 heavy (non-hydrogen) atoms. The number of hydrogen-bond acceptors (Lipinski definition) is 0. The third-order valence-corrected chi connectivity index (χ3v) is 1.69. The molecule has 0 aliphatic heterocycles. The zero-order valence-corrected chi connectivity index (χ0v) is 6.89. The molecule has 0 aliphatic rings. The van der Waals surface area contributed by atoms with Crippen LogP contribution in [0.15, 0.2) is 18.2 Å². The summed E-state index contributed by atoms with van der Waals surface area (Å²) in [6, 6.07) is 6.01. The van der Waals surface area contributed by atoms with Crippen molar-refractivity contribution in [1.82, 2.24) is 0 Å². The van der Waals surface area contributed by atoms with E-state index >= 15 is 0 Å². The highest BCUT2D eigenvalue weighted by Gasteiger charge is 2.03. The molecule has 2 heteroatoms. The first-order valence-corrected chi connectivity index (χ1v) is 3.57. The SMILES string of the molecule is Cc1ccc(C(N)=[NH2+])c(C)c1. The van der Waals surface area contributed by atoms with Crippen molar-refractivity contribution < 1.29 is 5.41 Å². The molecular weight excluding hydrogens is 136 g/mol. The van der Waals surface area contributed by atoms with Gasteiger partial charge in [-0.1, -0.05) is 17.7 Å². The van der Waals surface area contributed by atoms with Crippen LogP contribution in [0.1, 0.15) is 16.7 Å². The topological polar surface area (TPSA) is 51.6 Å². The predicted molar refractivity (Wildman–Crippen MR) is 46.1 cm³/mol. The van der Waals surface area contributed by atoms with Gasteiger partial charge in [0.1, 0.15) is 0 Å². The van der Waals surface area contributed by atoms with Gasteiger partial charge < -0.3 is 0 Å². The summed E-state index contributed by atoms with van der Waals surface area (Å²) in [5, 5.41) is 5.46. The first kappa shape index (κ1) is 7.79. The van der Waals surface area contributed by atoms with E-state index in [4.69, 9.17) is 11.1 Å². The molecule has 0 atom stereocenters. The Balaban J connectivity index is 3.20. The molecule has 0 bridgehead atoms. The van der Waals surface area contributed by atoms with Crippen molar-refractivity contribution in [3.8, 4) is 0 Å². The summed E-state index contributed by atoms with van der Waals surface area (Å²) in [7, 11) is 0. The van der Waals surface area contributed by atoms with Gasteiger partial charge in [-0.25, -0.2) is 0 Å². The van der Waals surface area contributed by atoms with Gasteiger partial charge in [0.2, 0.25) is 0 Å². The lowest BCUT2D eigenvalue weighted by Crippen LogP contribution is -2.46. The van der Waals surface area contributed by atoms with Gasteiger partial charge >= 0.3 is 0 Å². The van der Waals surface area contributed by atoms with E-state index < -0.39 is 0 Å². The van der Waals surface area contributed by atoms with Gasteiger partial charge in [-0.05, 0) is 25.5 Å². The number of aryl methyl sites for hydroxylation is 2. The second-order valence-electron chi connectivity index (χ2n) is 2.77. The highest BCUT2D eigenvalue weighted by Crippen LogP contribution is 2.08. The van der Waals surface area contributed by atoms with Crippen molar-refractivity contribution in [2.75, 3.05) is 0 Å². The van der Waals surface area contributed by atoms with Gasteiger partial charge in [0, 0.05) is 0 Å². The Morgan fingerprint density at radius 2 is 2.00 bits per heavy atom. The number of amidine groups is 1. The molecule has 0 saturated heterocycles. The van der Waals surface area contributed by atoms with Gasteiger partial charge in [0.25, 0.3) is 5.84 Å². The Bertz CT molecular complexity index is 290. The Hall–Kier alpha value is -1.31. The molecule has 0 unspecified atom stereocenters. The maximum Gasteiger partial charge on any atom is 0.270 e. The standard InChI is InChI=1S/C9H12N2/c1-6-3-4-8(9(10)11)7(2)5-6/h3-5H,1-2H3,(H3,10,11)/p+1. The lowest BCUT2D eigenvalue weighted by atomic mass is 10.1. The van der Waals surface area contributed by atoms with Crippen molar-refractivity contribution in [3.63, 3.8) is 0 Å². The fraction of sp³-hybridized carbons (Fsp3) is 0.222. The molecule has 1 rings (SSSR count). The summed E-state index contributed by atoms with van der Waals surface area (Å²) in [5.74, 6) is 0.391. The van der Waals surface area contributed by atoms with E-state index in [2.05, 4.69) is 6.07 Å². The van der Waals surface area contributed by atoms with Crippen LogP contribution >= 0.6 is 0 Å². The van der Waals surface area contributed by atoms with E-state index in [1.807, 2.05) is 26.0 Å². The molecule has 1 aromatic rings. The molecule has 58 valence electrons. The maximum absolute atomic E-state index is 5.46. The fourth-order valence-corrected chi connectivity index (χ4v) is 1.14. The molecule has 0 radical (unpaired) electrons. The molecule has 0 heterocycles. The highest BCUT2D eigenvalue weighted by molar-refractivity contribution is 5.94. The average Bonchev–Trinajstić information content (AvgIpc) is 1.85. The zero-order chi connectivity index (χ0) is 8.43. The quantitative estimate of drug-likeness (QED) is 0.420. The number of nitrogens with two attached hydrogens (primary N) is 2. The molecule has 0 spiro atoms. The van der Waals surface area contributed by atoms with Crippen molar-refractivity contribution in [3.05, 3.63) is 34.9 Å². The normalized spacial score (nSPS) is 9.64. The minimum Gasteiger partial charge on any atom is -0.287 e. The zero-order valence-electron chi connectivity index (χ0n) is 6.89. The van der Waals surface area contributed by atoms with Crippen LogP contribution in [0, 0.1) is 13.8 Å². The van der Waals surface area contributed by atoms with Crippen molar-refractivity contribution in [2.45, 2.75) is 13.8 Å². The summed E-state index contributed by atoms with van der Waals surface area (Å²) >= 11 is 0. The Labute approximate surface area is 66.6 Å². The van der Waals surface area contributed by atoms with Crippen LogP contribution in [0.5, 0.6) is 0 Å². The molecular formula is C9H13N2+. The summed E-state index contributed by atoms with van der Waals surface area (Å²) < 4.78 is 0. The maximum atomic E-state index is 5.46. The first-order chi connectivity index (χ1) is 5.11. The number of rotatable bonds is 1. The van der Waals surface area contributed by atoms with Gasteiger partial charge in [0.05, 0.1) is 5.56 Å². The third-order valence-electron chi connectivity index (χ3n) is 1.69. The van der Waals surface area contributed by atoms with E-state index in [1.54, 1.807) is 0 Å². The Kier molecular flexibility index (Phi) is 1.94. The van der Waals surface area contributed by atoms with E-state index in [0.717, 1.165) is 11.1 Å². The van der Waals surface area contributed by atoms with E-state index in [1.165, 1.54) is 5.56 Å². The van der Waals surface area contributed by atoms with E-state index in [-0.39, 0.29) is 0 Å². The highest BCUT2D eigenvalue weighted by atomic mass is 14.7. The molecule has 0 fully saturated rings. The predicted octanol–water partition coefficient (Wildman–Crippen LogP) is -0.232. The fourth-order valence-electron chi connectivity index (χ4n) is 1.14. The lowest BCUT2D eigenvalue weighted by Gasteiger charge is -1.99. The molecule has 4 N–H and O–H groups in total. The summed E-state index contributed by atoms with van der Waals surface area (Å²) in [6.07, 6.45) is 0. The third kappa shape index (κ3) is 1.58. The molecule has 2 nitrogen and oxygen atoms in total. The van der Waals surface area contributed by atoms with Crippen LogP contribution in [-0.4, -0.2) is 5.84 Å². The molecule has 0 aromatic heterocycles. The minimum absolute atomic E-state index is 0.391. The average molecular weight is 149 g/mol. The van der Waals surface area contributed by atoms with Crippen molar-refractivity contribution in [1.29, 1.82) is 0 Å². The van der Waals surface area contributed by atoms with Gasteiger partial charge in [-0.3, -0.25) is 11.1 Å². The summed E-state index contributed by atoms with van der Waals surface area (Å²) in [4.78, 5) is 0. The van der Waals surface area contributed by atoms with Crippen LogP contribution in [0.4, 0.5) is 0 Å². The number of hydrogen-bond donors (Lipinski definition) is 2. The minimum atomic E-state index is 0.391. The van der Waals surface area contributed by atoms with Crippen LogP contribution in [-0.2, 0) is 0 Å². The van der Waals surface area contributed by atoms with Gasteiger partial charge in [-0.15, -0.1) is 0 Å². The van der Waals surface area contributed by atoms with Gasteiger partial charge in [-0.2, -0.15) is 0 Å². The largest absolute Gasteiger partial charge is 0.287 e. The molecule has 1 aromatic carbocycles. The summed E-state index contributed by atoms with van der Waals surface area (Å²) in [5.41, 5.74) is 8.76. The van der Waals surface area contributed by atoms with Crippen molar-refractivity contribution in [2.24, 2.45) is 5.73 Å². The second-order valence-corrected chi connectivity index (χ2v) is 2.77. The van der Waals surface area contributed by atoms with Crippen LogP contribution in [0.2, 0.25) is 0 Å². The molecule has 0 saturated carbocycles. The Morgan fingerprint density at radius 1 is 1.36 bits per heavy atom. The lowest BCUT2D eigenvalue weighted by molar-refractivity contribution is -0.114. The Morgan fingerprint density at radius 3 is 2.45 bits per heavy atom. The monoisotopic (exact) mass is 149 g/mol. The van der Waals surface area contributed by atoms with E-state index in [0.29, 0.717) is 5.84 Å².